The monoisotopic (exact) mass is 685 g/mol. The maximum absolute atomic E-state index is 13.0. The first kappa shape index (κ1) is 37.1. The molecule has 4 fully saturated rings. The van der Waals surface area contributed by atoms with Crippen LogP contribution in [0.5, 0.6) is 11.5 Å². The Morgan fingerprint density at radius 2 is 1.76 bits per heavy atom. The molecule has 2 N–H and O–H groups in total. The number of carbonyl (C=O) groups is 2. The average molecular weight is 686 g/mol. The van der Waals surface area contributed by atoms with Gasteiger partial charge >= 0.3 is 11.9 Å². The molecule has 49 heavy (non-hydrogen) atoms. The number of aliphatic hydroxyl groups is 2. The van der Waals surface area contributed by atoms with Gasteiger partial charge in [0.25, 0.3) is 5.09 Å². The smallest absolute Gasteiger partial charge is 0.330 e. The summed E-state index contributed by atoms with van der Waals surface area (Å²) in [5.74, 6) is 2.41. The number of methoxy groups -OCH3 is 1. The molecule has 0 bridgehead atoms. The fraction of sp³-hybridized carbons (Fsp3) is 0.737. The second-order valence-corrected chi connectivity index (χ2v) is 15.6. The summed E-state index contributed by atoms with van der Waals surface area (Å²) in [4.78, 5) is 39.4. The lowest BCUT2D eigenvalue weighted by Crippen LogP contribution is -2.58. The molecule has 4 saturated carbocycles. The summed E-state index contributed by atoms with van der Waals surface area (Å²) in [5, 5.41) is 31.2. The van der Waals surface area contributed by atoms with Crippen molar-refractivity contribution in [2.45, 2.75) is 110 Å². The molecule has 4 aliphatic carbocycles. The van der Waals surface area contributed by atoms with E-state index in [4.69, 9.17) is 14.2 Å². The summed E-state index contributed by atoms with van der Waals surface area (Å²) < 4.78 is 16.3. The van der Waals surface area contributed by atoms with Crippen molar-refractivity contribution in [2.75, 3.05) is 20.3 Å². The van der Waals surface area contributed by atoms with Crippen LogP contribution in [0.15, 0.2) is 24.3 Å². The molecule has 0 saturated heterocycles. The van der Waals surface area contributed by atoms with Gasteiger partial charge in [0.05, 0.1) is 32.5 Å². The molecule has 4 aliphatic rings. The van der Waals surface area contributed by atoms with Crippen molar-refractivity contribution < 1.29 is 43.9 Å². The summed E-state index contributed by atoms with van der Waals surface area (Å²) in [6, 6.07) is 5.05. The quantitative estimate of drug-likeness (QED) is 0.0550. The molecule has 5 rings (SSSR count). The highest BCUT2D eigenvalue weighted by atomic mass is 16.9. The number of fused-ring (bicyclic) bond motifs is 5. The Bertz CT molecular complexity index is 1370. The number of nitrogens with zero attached hydrogens (tertiary/aromatic N) is 1. The molecule has 0 spiro atoms. The fourth-order valence-corrected chi connectivity index (χ4v) is 10.5. The Kier molecular flexibility index (Phi) is 12.0. The lowest BCUT2D eigenvalue weighted by Gasteiger charge is -2.62. The van der Waals surface area contributed by atoms with Crippen LogP contribution in [0.2, 0.25) is 0 Å². The zero-order valence-electron chi connectivity index (χ0n) is 29.5. The second kappa shape index (κ2) is 15.8. The topological polar surface area (TPSA) is 155 Å². The van der Waals surface area contributed by atoms with Gasteiger partial charge in [-0.15, -0.1) is 10.1 Å². The number of esters is 2. The van der Waals surface area contributed by atoms with E-state index in [0.29, 0.717) is 71.8 Å². The molecule has 0 aliphatic heterocycles. The Hall–Kier alpha value is -3.18. The van der Waals surface area contributed by atoms with E-state index in [-0.39, 0.29) is 42.2 Å². The number of hydrogen-bond acceptors (Lipinski definition) is 10. The Morgan fingerprint density at radius 1 is 1.02 bits per heavy atom. The van der Waals surface area contributed by atoms with E-state index in [1.165, 1.54) is 13.2 Å². The molecule has 11 nitrogen and oxygen atoms in total. The minimum absolute atomic E-state index is 0.0447. The molecule has 11 heteroatoms. The van der Waals surface area contributed by atoms with Crippen molar-refractivity contribution in [1.82, 2.24) is 0 Å². The van der Waals surface area contributed by atoms with E-state index in [1.807, 2.05) is 0 Å². The molecular formula is C38H55NO10. The van der Waals surface area contributed by atoms with E-state index in [9.17, 15) is 29.9 Å². The number of hydrogen-bond donors (Lipinski definition) is 2. The van der Waals surface area contributed by atoms with Crippen molar-refractivity contribution in [2.24, 2.45) is 46.3 Å². The van der Waals surface area contributed by atoms with Crippen LogP contribution in [0.25, 0.3) is 6.08 Å². The second-order valence-electron chi connectivity index (χ2n) is 15.6. The molecular weight excluding hydrogens is 630 g/mol. The first-order chi connectivity index (χ1) is 23.4. The van der Waals surface area contributed by atoms with Crippen LogP contribution < -0.4 is 9.47 Å². The highest BCUT2D eigenvalue weighted by Gasteiger charge is 2.62. The molecule has 0 unspecified atom stereocenters. The van der Waals surface area contributed by atoms with Crippen LogP contribution in [-0.2, 0) is 19.2 Å². The van der Waals surface area contributed by atoms with Crippen LogP contribution in [0.1, 0.15) is 103 Å². The lowest BCUT2D eigenvalue weighted by molar-refractivity contribution is -0.757. The summed E-state index contributed by atoms with van der Waals surface area (Å²) in [6.07, 6.45) is 12.3. The van der Waals surface area contributed by atoms with Crippen LogP contribution in [0, 0.1) is 56.5 Å². The Balaban J connectivity index is 1.11. The molecule has 0 heterocycles. The van der Waals surface area contributed by atoms with Gasteiger partial charge in [0.15, 0.2) is 11.5 Å². The normalized spacial score (nSPS) is 34.3. The third-order valence-electron chi connectivity index (χ3n) is 13.0. The highest BCUT2D eigenvalue weighted by Crippen LogP contribution is 2.68. The van der Waals surface area contributed by atoms with Crippen molar-refractivity contribution in [3.63, 3.8) is 0 Å². The minimum Gasteiger partial charge on any atom is -0.493 e. The third-order valence-corrected chi connectivity index (χ3v) is 13.0. The first-order valence-corrected chi connectivity index (χ1v) is 18.2. The predicted octanol–water partition coefficient (Wildman–Crippen LogP) is 6.55. The van der Waals surface area contributed by atoms with Crippen LogP contribution in [0.4, 0.5) is 0 Å². The summed E-state index contributed by atoms with van der Waals surface area (Å²) >= 11 is 0. The molecule has 0 aromatic heterocycles. The highest BCUT2D eigenvalue weighted by molar-refractivity contribution is 5.87. The number of benzene rings is 1. The maximum atomic E-state index is 13.0. The van der Waals surface area contributed by atoms with Gasteiger partial charge in [-0.1, -0.05) is 26.8 Å². The fourth-order valence-electron chi connectivity index (χ4n) is 10.5. The lowest BCUT2D eigenvalue weighted by atomic mass is 9.43. The SMILES string of the molecule is COc1cc(/C=C/C(=O)OCCCCO[N+](=O)[O-])ccc1OC(=O)CC[C@@H](C)[C@H]1CC[C@H]2[C@@H]3[C@H](O)C[C@H]4C[C@H](O)CC[C@]4(C)[C@H]3CC[C@]12C. The molecule has 0 radical (unpaired) electrons. The predicted molar refractivity (Wildman–Crippen MR) is 182 cm³/mol. The summed E-state index contributed by atoms with van der Waals surface area (Å²) in [6.45, 7) is 7.24. The van der Waals surface area contributed by atoms with E-state index in [2.05, 4.69) is 25.6 Å². The number of ether oxygens (including phenoxy) is 3. The summed E-state index contributed by atoms with van der Waals surface area (Å²) in [7, 11) is 1.49. The standard InChI is InChI=1S/C38H55NO10/c1-24(28-10-11-29-36-30(16-18-38(28,29)3)37(2)17-15-27(40)22-26(37)23-31(36)41)7-13-35(43)49-32-12-8-25(21-33(32)46-4)9-14-34(42)47-19-5-6-20-48-39(44)45/h8-9,12,14,21,24,26-31,36,40-41H,5-7,10-11,13,15-20,22-23H2,1-4H3/b14-9+/t24-,26-,27-,28-,29+,30+,31-,36+,37+,38-/m1/s1. The molecule has 1 aromatic rings. The molecule has 272 valence electrons. The van der Waals surface area contributed by atoms with Gasteiger partial charge in [0, 0.05) is 12.5 Å². The number of unbranched alkanes of at least 4 members (excludes halogenated alkanes) is 1. The Labute approximate surface area is 289 Å². The maximum Gasteiger partial charge on any atom is 0.330 e. The van der Waals surface area contributed by atoms with Crippen molar-refractivity contribution in [3.05, 3.63) is 40.0 Å². The van der Waals surface area contributed by atoms with Gasteiger partial charge in [0.1, 0.15) is 0 Å². The van der Waals surface area contributed by atoms with E-state index >= 15 is 0 Å². The number of rotatable bonds is 14. The number of carbonyl (C=O) groups excluding carboxylic acids is 2. The van der Waals surface area contributed by atoms with Crippen LogP contribution in [-0.4, -0.2) is 59.8 Å². The van der Waals surface area contributed by atoms with Crippen molar-refractivity contribution >= 4 is 18.0 Å². The van der Waals surface area contributed by atoms with Gasteiger partial charge in [-0.2, -0.15) is 0 Å². The van der Waals surface area contributed by atoms with Gasteiger partial charge < -0.3 is 29.3 Å². The molecule has 1 aromatic carbocycles. The largest absolute Gasteiger partial charge is 0.493 e. The minimum atomic E-state index is -0.853. The van der Waals surface area contributed by atoms with Gasteiger partial charge in [-0.05, 0) is 141 Å². The zero-order valence-corrected chi connectivity index (χ0v) is 29.5. The van der Waals surface area contributed by atoms with E-state index in [1.54, 1.807) is 24.3 Å². The first-order valence-electron chi connectivity index (χ1n) is 18.2. The van der Waals surface area contributed by atoms with Gasteiger partial charge in [-0.3, -0.25) is 4.79 Å². The van der Waals surface area contributed by atoms with Crippen molar-refractivity contribution in [3.8, 4) is 11.5 Å². The van der Waals surface area contributed by atoms with Crippen molar-refractivity contribution in [1.29, 1.82) is 0 Å². The average Bonchev–Trinajstić information content (AvgIpc) is 3.42. The zero-order chi connectivity index (χ0) is 35.3. The van der Waals surface area contributed by atoms with Crippen LogP contribution in [0.3, 0.4) is 0 Å². The van der Waals surface area contributed by atoms with Gasteiger partial charge in [-0.25, -0.2) is 4.79 Å². The third kappa shape index (κ3) is 8.25. The van der Waals surface area contributed by atoms with Gasteiger partial charge in [0.2, 0.25) is 0 Å². The van der Waals surface area contributed by atoms with E-state index in [0.717, 1.165) is 57.8 Å². The van der Waals surface area contributed by atoms with Crippen LogP contribution >= 0.6 is 0 Å². The Morgan fingerprint density at radius 3 is 2.51 bits per heavy atom. The summed E-state index contributed by atoms with van der Waals surface area (Å²) in [5.41, 5.74) is 1.02. The number of aliphatic hydroxyl groups excluding tert-OH is 2. The van der Waals surface area contributed by atoms with E-state index < -0.39 is 11.1 Å². The molecule has 10 atom stereocenters. The molecule has 0 amide bonds.